The van der Waals surface area contributed by atoms with Crippen LogP contribution in [0.3, 0.4) is 0 Å². The zero-order valence-electron chi connectivity index (χ0n) is 17.5. The summed E-state index contributed by atoms with van der Waals surface area (Å²) in [4.78, 5) is 28.9. The molecule has 0 spiro atoms. The standard InChI is InChI=1S/C21H24N4O6/c1-12-8-16(27)20(29)21(31-12)14(13-4-5-15(26)17(9-13)30-3)10-19(28)22-7-6-18-23-11-25(2)24-18/h4-5,8-9,11,14,26,29H,6-7,10H2,1-3H3,(H,22,28)/t14-/m1/s1. The number of aromatic hydroxyl groups is 2. The minimum absolute atomic E-state index is 0.0284. The van der Waals surface area contributed by atoms with Gasteiger partial charge in [-0.05, 0) is 24.6 Å². The van der Waals surface area contributed by atoms with Crippen molar-refractivity contribution in [3.63, 3.8) is 0 Å². The fourth-order valence-electron chi connectivity index (χ4n) is 3.20. The molecular formula is C21H24N4O6. The molecule has 164 valence electrons. The summed E-state index contributed by atoms with van der Waals surface area (Å²) in [5.41, 5.74) is -0.0728. The van der Waals surface area contributed by atoms with Gasteiger partial charge in [-0.15, -0.1) is 0 Å². The summed E-state index contributed by atoms with van der Waals surface area (Å²) in [5, 5.41) is 27.2. The van der Waals surface area contributed by atoms with Crippen molar-refractivity contribution in [1.29, 1.82) is 0 Å². The first kappa shape index (κ1) is 21.9. The highest BCUT2D eigenvalue weighted by atomic mass is 16.5. The van der Waals surface area contributed by atoms with E-state index in [-0.39, 0.29) is 29.6 Å². The Morgan fingerprint density at radius 2 is 2.10 bits per heavy atom. The van der Waals surface area contributed by atoms with Crippen molar-refractivity contribution in [2.24, 2.45) is 7.05 Å². The fourth-order valence-corrected chi connectivity index (χ4v) is 3.20. The van der Waals surface area contributed by atoms with Gasteiger partial charge in [0.2, 0.25) is 17.1 Å². The van der Waals surface area contributed by atoms with Crippen LogP contribution in [0.2, 0.25) is 0 Å². The van der Waals surface area contributed by atoms with Crippen molar-refractivity contribution in [2.75, 3.05) is 13.7 Å². The molecule has 0 unspecified atom stereocenters. The number of hydrogen-bond acceptors (Lipinski definition) is 8. The first-order valence-electron chi connectivity index (χ1n) is 9.60. The maximum absolute atomic E-state index is 12.7. The van der Waals surface area contributed by atoms with Crippen molar-refractivity contribution in [3.8, 4) is 17.2 Å². The smallest absolute Gasteiger partial charge is 0.227 e. The van der Waals surface area contributed by atoms with Crippen LogP contribution < -0.4 is 15.5 Å². The van der Waals surface area contributed by atoms with Crippen molar-refractivity contribution in [1.82, 2.24) is 20.1 Å². The Labute approximate surface area is 178 Å². The minimum atomic E-state index is -0.782. The van der Waals surface area contributed by atoms with Crippen molar-refractivity contribution in [3.05, 3.63) is 63.7 Å². The zero-order chi connectivity index (χ0) is 22.5. The summed E-state index contributed by atoms with van der Waals surface area (Å²) >= 11 is 0. The third kappa shape index (κ3) is 5.21. The molecule has 3 aromatic rings. The van der Waals surface area contributed by atoms with E-state index in [0.717, 1.165) is 0 Å². The van der Waals surface area contributed by atoms with Crippen molar-refractivity contribution < 1.29 is 24.2 Å². The number of aryl methyl sites for hydroxylation is 2. The Morgan fingerprint density at radius 3 is 2.77 bits per heavy atom. The maximum atomic E-state index is 12.7. The quantitative estimate of drug-likeness (QED) is 0.489. The molecule has 0 saturated carbocycles. The Bertz CT molecular complexity index is 1140. The van der Waals surface area contributed by atoms with Crippen LogP contribution in [-0.4, -0.2) is 44.5 Å². The van der Waals surface area contributed by atoms with Crippen LogP contribution in [0, 0.1) is 6.92 Å². The molecule has 1 atom stereocenters. The molecule has 10 heteroatoms. The molecule has 2 heterocycles. The Hall–Kier alpha value is -3.82. The molecule has 2 aromatic heterocycles. The molecule has 0 radical (unpaired) electrons. The SMILES string of the molecule is COc1cc([C@@H](CC(=O)NCCc2ncn(C)n2)c2oc(C)cc(=O)c2O)ccc1O. The van der Waals surface area contributed by atoms with Crippen LogP contribution in [0.5, 0.6) is 17.2 Å². The predicted molar refractivity (Wildman–Crippen MR) is 110 cm³/mol. The van der Waals surface area contributed by atoms with Crippen LogP contribution in [0.4, 0.5) is 0 Å². The monoisotopic (exact) mass is 428 g/mol. The second-order valence-electron chi connectivity index (χ2n) is 7.06. The number of benzene rings is 1. The lowest BCUT2D eigenvalue weighted by Crippen LogP contribution is -2.28. The molecule has 3 N–H and O–H groups in total. The van der Waals surface area contributed by atoms with E-state index in [1.165, 1.54) is 25.3 Å². The maximum Gasteiger partial charge on any atom is 0.227 e. The summed E-state index contributed by atoms with van der Waals surface area (Å²) in [6.45, 7) is 1.90. The summed E-state index contributed by atoms with van der Waals surface area (Å²) < 4.78 is 12.4. The van der Waals surface area contributed by atoms with E-state index in [1.807, 2.05) is 0 Å². The fraction of sp³-hybridized carbons (Fsp3) is 0.333. The van der Waals surface area contributed by atoms with Gasteiger partial charge in [0.05, 0.1) is 13.0 Å². The summed E-state index contributed by atoms with van der Waals surface area (Å²) in [6.07, 6.45) is 1.92. The van der Waals surface area contributed by atoms with E-state index in [4.69, 9.17) is 9.15 Å². The van der Waals surface area contributed by atoms with Crippen LogP contribution in [0.1, 0.15) is 35.2 Å². The highest BCUT2D eigenvalue weighted by Gasteiger charge is 2.26. The van der Waals surface area contributed by atoms with E-state index in [2.05, 4.69) is 15.4 Å². The normalized spacial score (nSPS) is 11.8. The number of phenols is 1. The molecule has 3 rings (SSSR count). The lowest BCUT2D eigenvalue weighted by Gasteiger charge is -2.19. The van der Waals surface area contributed by atoms with E-state index in [1.54, 1.807) is 31.0 Å². The molecule has 0 aliphatic rings. The molecule has 1 amide bonds. The van der Waals surface area contributed by atoms with Gasteiger partial charge in [-0.1, -0.05) is 6.07 Å². The number of phenolic OH excluding ortho intramolecular Hbond substituents is 1. The first-order chi connectivity index (χ1) is 14.8. The molecule has 0 aliphatic heterocycles. The average molecular weight is 428 g/mol. The Kier molecular flexibility index (Phi) is 6.58. The van der Waals surface area contributed by atoms with Crippen molar-refractivity contribution >= 4 is 5.91 Å². The molecule has 1 aromatic carbocycles. The molecule has 0 saturated heterocycles. The van der Waals surface area contributed by atoms with Gasteiger partial charge in [0.25, 0.3) is 0 Å². The Balaban J connectivity index is 1.85. The average Bonchev–Trinajstić information content (AvgIpc) is 3.14. The van der Waals surface area contributed by atoms with Crippen LogP contribution in [-0.2, 0) is 18.3 Å². The zero-order valence-corrected chi connectivity index (χ0v) is 17.5. The van der Waals surface area contributed by atoms with Gasteiger partial charge in [-0.25, -0.2) is 4.98 Å². The summed E-state index contributed by atoms with van der Waals surface area (Å²) in [7, 11) is 3.16. The number of rotatable bonds is 8. The van der Waals surface area contributed by atoms with E-state index in [0.29, 0.717) is 30.1 Å². The van der Waals surface area contributed by atoms with Gasteiger partial charge in [-0.2, -0.15) is 5.10 Å². The van der Waals surface area contributed by atoms with E-state index < -0.39 is 17.1 Å². The number of ether oxygens (including phenoxy) is 1. The van der Waals surface area contributed by atoms with Crippen LogP contribution in [0.25, 0.3) is 0 Å². The highest BCUT2D eigenvalue weighted by Crippen LogP contribution is 2.37. The van der Waals surface area contributed by atoms with E-state index in [9.17, 15) is 19.8 Å². The number of nitrogens with one attached hydrogen (secondary N) is 1. The topological polar surface area (TPSA) is 140 Å². The second-order valence-corrected chi connectivity index (χ2v) is 7.06. The summed E-state index contributed by atoms with van der Waals surface area (Å²) in [6, 6.07) is 5.70. The molecule has 31 heavy (non-hydrogen) atoms. The lowest BCUT2D eigenvalue weighted by atomic mass is 9.91. The number of carbonyl (C=O) groups excluding carboxylic acids is 1. The van der Waals surface area contributed by atoms with Gasteiger partial charge >= 0.3 is 0 Å². The second kappa shape index (κ2) is 9.33. The number of nitrogens with zero attached hydrogens (tertiary/aromatic N) is 3. The summed E-state index contributed by atoms with van der Waals surface area (Å²) in [5.74, 6) is -0.676. The van der Waals surface area contributed by atoms with Gasteiger partial charge in [-0.3, -0.25) is 14.3 Å². The third-order valence-electron chi connectivity index (χ3n) is 4.70. The first-order valence-corrected chi connectivity index (χ1v) is 9.60. The number of carbonyl (C=O) groups is 1. The van der Waals surface area contributed by atoms with Gasteiger partial charge in [0.15, 0.2) is 23.1 Å². The van der Waals surface area contributed by atoms with Gasteiger partial charge in [0, 0.05) is 32.5 Å². The van der Waals surface area contributed by atoms with Crippen LogP contribution in [0.15, 0.2) is 39.8 Å². The third-order valence-corrected chi connectivity index (χ3v) is 4.70. The van der Waals surface area contributed by atoms with E-state index >= 15 is 0 Å². The number of amides is 1. The number of methoxy groups -OCH3 is 1. The number of hydrogen-bond donors (Lipinski definition) is 3. The van der Waals surface area contributed by atoms with Crippen LogP contribution >= 0.6 is 0 Å². The predicted octanol–water partition coefficient (Wildman–Crippen LogP) is 1.38. The number of aromatic nitrogens is 3. The Morgan fingerprint density at radius 1 is 1.32 bits per heavy atom. The molecule has 10 nitrogen and oxygen atoms in total. The highest BCUT2D eigenvalue weighted by molar-refractivity contribution is 5.77. The lowest BCUT2D eigenvalue weighted by molar-refractivity contribution is -0.121. The minimum Gasteiger partial charge on any atom is -0.504 e. The van der Waals surface area contributed by atoms with Gasteiger partial charge in [0.1, 0.15) is 12.1 Å². The largest absolute Gasteiger partial charge is 0.504 e. The molecule has 0 fully saturated rings. The van der Waals surface area contributed by atoms with Crippen molar-refractivity contribution in [2.45, 2.75) is 25.7 Å². The molecular weight excluding hydrogens is 404 g/mol. The van der Waals surface area contributed by atoms with Gasteiger partial charge < -0.3 is 24.7 Å². The molecule has 0 bridgehead atoms. The molecule has 0 aliphatic carbocycles.